The van der Waals surface area contributed by atoms with Gasteiger partial charge in [0.1, 0.15) is 5.60 Å². The van der Waals surface area contributed by atoms with Crippen molar-refractivity contribution in [3.05, 3.63) is 59.5 Å². The molecule has 4 atom stereocenters. The Kier molecular flexibility index (Phi) is 3.65. The maximum atomic E-state index is 6.09. The summed E-state index contributed by atoms with van der Waals surface area (Å²) in [5, 5.41) is 4.85. The van der Waals surface area contributed by atoms with Crippen molar-refractivity contribution in [3.8, 4) is 12.3 Å². The Morgan fingerprint density at radius 3 is 2.87 bits per heavy atom. The Balaban J connectivity index is 1.34. The average molecular weight is 399 g/mol. The standard InChI is InChI=1S/C25H26N4O/c1-4-21-18-13-25(21,30-15-18)23-26-22-17(2)12-20(14-29(22)27-23)28-11-10-24(3,16-28)19-8-6-5-7-9-19/h1,5-9,12,14,18,21H,10-11,13,15-16H2,2-3H3/t18?,21?,24-,25?/m0/s1. The zero-order chi connectivity index (χ0) is 20.5. The van der Waals surface area contributed by atoms with Gasteiger partial charge in [-0.15, -0.1) is 11.5 Å². The minimum Gasteiger partial charge on any atom is -0.369 e. The second kappa shape index (κ2) is 6.09. The first-order valence-electron chi connectivity index (χ1n) is 10.8. The zero-order valence-corrected chi connectivity index (χ0v) is 17.5. The van der Waals surface area contributed by atoms with E-state index in [9.17, 15) is 0 Å². The van der Waals surface area contributed by atoms with Gasteiger partial charge in [0, 0.05) is 24.4 Å². The van der Waals surface area contributed by atoms with E-state index in [1.807, 2.05) is 4.52 Å². The van der Waals surface area contributed by atoms with Crippen molar-refractivity contribution < 1.29 is 4.74 Å². The third-order valence-corrected chi connectivity index (χ3v) is 7.56. The second-order valence-corrected chi connectivity index (χ2v) is 9.49. The molecule has 3 aliphatic heterocycles. The minimum absolute atomic E-state index is 0.0971. The molecule has 2 aromatic heterocycles. The molecule has 0 radical (unpaired) electrons. The Bertz CT molecular complexity index is 1180. The average Bonchev–Trinajstić information content (AvgIpc) is 3.51. The molecule has 4 fully saturated rings. The molecule has 3 saturated heterocycles. The van der Waals surface area contributed by atoms with Gasteiger partial charge in [-0.25, -0.2) is 9.50 Å². The van der Waals surface area contributed by atoms with Crippen molar-refractivity contribution >= 4 is 11.3 Å². The molecule has 152 valence electrons. The largest absolute Gasteiger partial charge is 0.369 e. The normalized spacial score (nSPS) is 32.4. The van der Waals surface area contributed by atoms with Crippen LogP contribution in [-0.2, 0) is 15.8 Å². The number of benzene rings is 1. The molecule has 3 aromatic rings. The third kappa shape index (κ3) is 2.34. The third-order valence-electron chi connectivity index (χ3n) is 7.56. The van der Waals surface area contributed by atoms with Crippen molar-refractivity contribution in [1.82, 2.24) is 14.6 Å². The Hall–Kier alpha value is -2.84. The maximum absolute atomic E-state index is 6.09. The van der Waals surface area contributed by atoms with Crippen molar-refractivity contribution in [2.75, 3.05) is 24.6 Å². The number of rotatable bonds is 3. The lowest BCUT2D eigenvalue weighted by molar-refractivity contribution is -0.0412. The summed E-state index contributed by atoms with van der Waals surface area (Å²) in [4.78, 5) is 7.33. The van der Waals surface area contributed by atoms with Crippen molar-refractivity contribution in [3.63, 3.8) is 0 Å². The molecule has 0 amide bonds. The second-order valence-electron chi connectivity index (χ2n) is 9.49. The number of aryl methyl sites for hydroxylation is 1. The van der Waals surface area contributed by atoms with Crippen LogP contribution in [0.3, 0.4) is 0 Å². The van der Waals surface area contributed by atoms with E-state index in [4.69, 9.17) is 21.2 Å². The molecule has 1 aliphatic carbocycles. The van der Waals surface area contributed by atoms with Gasteiger partial charge in [-0.05, 0) is 37.0 Å². The van der Waals surface area contributed by atoms with Crippen LogP contribution in [0, 0.1) is 31.1 Å². The number of hydrogen-bond donors (Lipinski definition) is 0. The molecular formula is C25H26N4O. The van der Waals surface area contributed by atoms with Crippen LogP contribution in [0.1, 0.15) is 36.7 Å². The monoisotopic (exact) mass is 398 g/mol. The van der Waals surface area contributed by atoms with Crippen LogP contribution >= 0.6 is 0 Å². The van der Waals surface area contributed by atoms with E-state index in [2.05, 4.69) is 67.3 Å². The fourth-order valence-electron chi connectivity index (χ4n) is 5.72. The summed E-state index contributed by atoms with van der Waals surface area (Å²) in [6, 6.07) is 13.1. The molecule has 5 heterocycles. The van der Waals surface area contributed by atoms with E-state index >= 15 is 0 Å². The highest BCUT2D eigenvalue weighted by atomic mass is 16.5. The Morgan fingerprint density at radius 2 is 2.10 bits per heavy atom. The number of anilines is 1. The predicted octanol–water partition coefficient (Wildman–Crippen LogP) is 3.70. The number of hydrogen-bond acceptors (Lipinski definition) is 4. The lowest BCUT2D eigenvalue weighted by atomic mass is 9.64. The highest BCUT2D eigenvalue weighted by Crippen LogP contribution is 2.58. The number of nitrogens with zero attached hydrogens (tertiary/aromatic N) is 4. The van der Waals surface area contributed by atoms with Gasteiger partial charge in [0.2, 0.25) is 0 Å². The topological polar surface area (TPSA) is 42.7 Å². The van der Waals surface area contributed by atoms with E-state index in [-0.39, 0.29) is 11.3 Å². The molecule has 0 spiro atoms. The van der Waals surface area contributed by atoms with E-state index < -0.39 is 5.60 Å². The van der Waals surface area contributed by atoms with Gasteiger partial charge in [0.15, 0.2) is 11.5 Å². The van der Waals surface area contributed by atoms with Crippen molar-refractivity contribution in [2.45, 2.75) is 37.7 Å². The molecule has 2 bridgehead atoms. The summed E-state index contributed by atoms with van der Waals surface area (Å²) < 4.78 is 8.01. The van der Waals surface area contributed by atoms with Crippen LogP contribution in [0.25, 0.3) is 5.65 Å². The van der Waals surface area contributed by atoms with Gasteiger partial charge >= 0.3 is 0 Å². The molecular weight excluding hydrogens is 372 g/mol. The SMILES string of the molecule is C#CC1C2COC1(c1nc3c(C)cc(N4CC[C@](C)(c5ccccc5)C4)cn3n1)C2. The van der Waals surface area contributed by atoms with E-state index in [1.54, 1.807) is 0 Å². The summed E-state index contributed by atoms with van der Waals surface area (Å²) in [6.07, 6.45) is 9.97. The first kappa shape index (κ1) is 18.0. The number of pyridine rings is 1. The van der Waals surface area contributed by atoms with Crippen molar-refractivity contribution in [2.24, 2.45) is 11.8 Å². The lowest BCUT2D eigenvalue weighted by Gasteiger charge is -2.39. The summed E-state index contributed by atoms with van der Waals surface area (Å²) >= 11 is 0. The van der Waals surface area contributed by atoms with Crippen molar-refractivity contribution in [1.29, 1.82) is 0 Å². The Labute approximate surface area is 177 Å². The molecule has 3 unspecified atom stereocenters. The predicted molar refractivity (Wildman–Crippen MR) is 116 cm³/mol. The molecule has 1 saturated carbocycles. The van der Waals surface area contributed by atoms with Gasteiger partial charge in [0.25, 0.3) is 0 Å². The molecule has 0 N–H and O–H groups in total. The van der Waals surface area contributed by atoms with Gasteiger partial charge < -0.3 is 9.64 Å². The first-order valence-corrected chi connectivity index (χ1v) is 10.8. The van der Waals surface area contributed by atoms with Gasteiger partial charge in [0.05, 0.1) is 24.4 Å². The molecule has 4 aliphatic rings. The number of aromatic nitrogens is 3. The fraction of sp³-hybridized carbons (Fsp3) is 0.440. The molecule has 5 heteroatoms. The number of ether oxygens (including phenoxy) is 1. The van der Waals surface area contributed by atoms with Crippen LogP contribution < -0.4 is 4.90 Å². The van der Waals surface area contributed by atoms with Crippen LogP contribution in [0.4, 0.5) is 5.69 Å². The number of terminal acetylenes is 1. The molecule has 5 nitrogen and oxygen atoms in total. The Morgan fingerprint density at radius 1 is 1.27 bits per heavy atom. The van der Waals surface area contributed by atoms with Crippen LogP contribution in [0.15, 0.2) is 42.6 Å². The van der Waals surface area contributed by atoms with Crippen LogP contribution in [0.2, 0.25) is 0 Å². The van der Waals surface area contributed by atoms with Gasteiger partial charge in [-0.1, -0.05) is 43.2 Å². The first-order chi connectivity index (χ1) is 14.5. The van der Waals surface area contributed by atoms with E-state index in [1.165, 1.54) is 11.3 Å². The highest BCUT2D eigenvalue weighted by Gasteiger charge is 2.63. The number of fused-ring (bicyclic) bond motifs is 2. The van der Waals surface area contributed by atoms with E-state index in [0.717, 1.165) is 49.6 Å². The lowest BCUT2D eigenvalue weighted by Crippen LogP contribution is -2.45. The molecule has 1 aromatic carbocycles. The maximum Gasteiger partial charge on any atom is 0.184 e. The fourth-order valence-corrected chi connectivity index (χ4v) is 5.72. The van der Waals surface area contributed by atoms with Gasteiger partial charge in [-0.2, -0.15) is 0 Å². The summed E-state index contributed by atoms with van der Waals surface area (Å²) in [5.41, 5.74) is 4.31. The van der Waals surface area contributed by atoms with Crippen LogP contribution in [-0.4, -0.2) is 34.3 Å². The zero-order valence-electron chi connectivity index (χ0n) is 17.5. The summed E-state index contributed by atoms with van der Waals surface area (Å²) in [6.45, 7) is 7.23. The smallest absolute Gasteiger partial charge is 0.184 e. The van der Waals surface area contributed by atoms with Crippen LogP contribution in [0.5, 0.6) is 0 Å². The quantitative estimate of drug-likeness (QED) is 0.631. The van der Waals surface area contributed by atoms with E-state index in [0.29, 0.717) is 5.92 Å². The minimum atomic E-state index is -0.475. The molecule has 30 heavy (non-hydrogen) atoms. The summed E-state index contributed by atoms with van der Waals surface area (Å²) in [7, 11) is 0. The van der Waals surface area contributed by atoms with Gasteiger partial charge in [-0.3, -0.25) is 0 Å². The molecule has 7 rings (SSSR count). The highest BCUT2D eigenvalue weighted by molar-refractivity contribution is 5.58. The summed E-state index contributed by atoms with van der Waals surface area (Å²) in [5.74, 6) is 4.22.